The Morgan fingerprint density at radius 3 is 2.62 bits per heavy atom. The second-order valence-electron chi connectivity index (χ2n) is 6.15. The number of carbonyl (C=O) groups excluding carboxylic acids is 1. The van der Waals surface area contributed by atoms with Gasteiger partial charge in [-0.15, -0.1) is 0 Å². The normalized spacial score (nSPS) is 17.3. The minimum absolute atomic E-state index is 0.216. The molecule has 1 aromatic heterocycles. The molecule has 2 heterocycles. The number of anilines is 1. The summed E-state index contributed by atoms with van der Waals surface area (Å²) in [6, 6.07) is 8.41. The van der Waals surface area contributed by atoms with Crippen molar-refractivity contribution in [1.82, 2.24) is 19.8 Å². The van der Waals surface area contributed by atoms with E-state index in [2.05, 4.69) is 41.5 Å². The summed E-state index contributed by atoms with van der Waals surface area (Å²) in [5.41, 5.74) is 2.99. The van der Waals surface area contributed by atoms with Gasteiger partial charge in [-0.2, -0.15) is 0 Å². The van der Waals surface area contributed by atoms with Gasteiger partial charge < -0.3 is 19.9 Å². The number of fused-ring (bicyclic) bond motifs is 1. The number of aliphatic hydroxyl groups excluding tert-OH is 1. The molecule has 128 valence electrons. The Morgan fingerprint density at radius 1 is 1.21 bits per heavy atom. The monoisotopic (exact) mass is 329 g/mol. The molecule has 0 fully saturated rings. The van der Waals surface area contributed by atoms with Crippen LogP contribution in [0.2, 0.25) is 0 Å². The van der Waals surface area contributed by atoms with Crippen LogP contribution in [0.5, 0.6) is 0 Å². The van der Waals surface area contributed by atoms with Crippen LogP contribution in [-0.2, 0) is 13.1 Å². The lowest BCUT2D eigenvalue weighted by Crippen LogP contribution is -2.52. The van der Waals surface area contributed by atoms with Crippen LogP contribution in [-0.4, -0.2) is 52.5 Å². The Labute approximate surface area is 141 Å². The molecule has 1 atom stereocenters. The van der Waals surface area contributed by atoms with Gasteiger partial charge in [0.25, 0.3) is 5.91 Å². The molecule has 0 saturated carbocycles. The van der Waals surface area contributed by atoms with Crippen molar-refractivity contribution in [1.29, 1.82) is 0 Å². The number of amides is 1. The van der Waals surface area contributed by atoms with Crippen molar-refractivity contribution < 1.29 is 9.90 Å². The number of nitrogens with one attached hydrogen (secondary N) is 1. The van der Waals surface area contributed by atoms with Crippen molar-refractivity contribution in [3.05, 3.63) is 47.4 Å². The lowest BCUT2D eigenvalue weighted by Gasteiger charge is -2.36. The van der Waals surface area contributed by atoms with Crippen LogP contribution in [0.15, 0.2) is 30.6 Å². The van der Waals surface area contributed by atoms with E-state index in [4.69, 9.17) is 0 Å². The molecule has 0 spiro atoms. The molecule has 0 radical (unpaired) electrons. The average Bonchev–Trinajstić information content (AvgIpc) is 3.00. The van der Waals surface area contributed by atoms with Gasteiger partial charge in [-0.1, -0.05) is 29.8 Å². The number of aromatic nitrogens is 2. The summed E-state index contributed by atoms with van der Waals surface area (Å²) in [7, 11) is 3.30. The first-order valence-corrected chi connectivity index (χ1v) is 7.98. The smallest absolute Gasteiger partial charge is 0.277 e. The number of imidazole rings is 1. The Morgan fingerprint density at radius 2 is 1.92 bits per heavy atom. The molecule has 7 heteroatoms. The molecule has 0 aliphatic carbocycles. The fourth-order valence-electron chi connectivity index (χ4n) is 2.80. The maximum Gasteiger partial charge on any atom is 0.277 e. The Hall–Kier alpha value is -2.38. The van der Waals surface area contributed by atoms with Crippen LogP contribution >= 0.6 is 0 Å². The van der Waals surface area contributed by atoms with Crippen LogP contribution in [0.1, 0.15) is 21.6 Å². The first-order chi connectivity index (χ1) is 11.5. The van der Waals surface area contributed by atoms with Gasteiger partial charge in [-0.05, 0) is 12.5 Å². The van der Waals surface area contributed by atoms with Gasteiger partial charge in [0.05, 0.1) is 6.33 Å². The number of hydrogen-bond donors (Lipinski definition) is 2. The predicted molar refractivity (Wildman–Crippen MR) is 91.6 cm³/mol. The van der Waals surface area contributed by atoms with Crippen molar-refractivity contribution in [3.8, 4) is 0 Å². The topological polar surface area (TPSA) is 73.6 Å². The van der Waals surface area contributed by atoms with E-state index in [1.807, 2.05) is 4.57 Å². The third kappa shape index (κ3) is 3.00. The maximum atomic E-state index is 12.4. The predicted octanol–water partition coefficient (Wildman–Crippen LogP) is 0.779. The highest BCUT2D eigenvalue weighted by atomic mass is 16.3. The molecule has 3 rings (SSSR count). The number of aryl methyl sites for hydroxylation is 1. The second kappa shape index (κ2) is 6.62. The molecule has 1 aliphatic heterocycles. The molecule has 7 nitrogen and oxygen atoms in total. The molecule has 1 unspecified atom stereocenters. The second-order valence-corrected chi connectivity index (χ2v) is 6.15. The van der Waals surface area contributed by atoms with Crippen LogP contribution < -0.4 is 10.2 Å². The zero-order valence-corrected chi connectivity index (χ0v) is 14.2. The van der Waals surface area contributed by atoms with Crippen molar-refractivity contribution in [2.75, 3.05) is 25.5 Å². The van der Waals surface area contributed by atoms with Crippen molar-refractivity contribution in [2.24, 2.45) is 0 Å². The standard InChI is InChI=1S/C17H23N5O2/c1-12-4-6-13(7-5-12)10-18-8-9-22-11-19-15-14(22)16(23)21(3)17(24)20(15)2/h4-7,11,17-18,24H,8-10H2,1-3H3. The van der Waals surface area contributed by atoms with E-state index >= 15 is 0 Å². The van der Waals surface area contributed by atoms with E-state index in [-0.39, 0.29) is 5.91 Å². The minimum Gasteiger partial charge on any atom is -0.356 e. The summed E-state index contributed by atoms with van der Waals surface area (Å²) in [6.45, 7) is 4.21. The lowest BCUT2D eigenvalue weighted by atomic mass is 10.1. The largest absolute Gasteiger partial charge is 0.356 e. The minimum atomic E-state index is -0.979. The summed E-state index contributed by atoms with van der Waals surface area (Å²) in [6.07, 6.45) is 0.673. The third-order valence-electron chi connectivity index (χ3n) is 4.35. The molecule has 1 aromatic carbocycles. The lowest BCUT2D eigenvalue weighted by molar-refractivity contribution is 0.0152. The van der Waals surface area contributed by atoms with E-state index in [0.717, 1.165) is 13.1 Å². The molecule has 24 heavy (non-hydrogen) atoms. The van der Waals surface area contributed by atoms with Gasteiger partial charge in [0.1, 0.15) is 0 Å². The molecule has 0 saturated heterocycles. The Kier molecular flexibility index (Phi) is 4.55. The van der Waals surface area contributed by atoms with E-state index in [0.29, 0.717) is 18.1 Å². The highest BCUT2D eigenvalue weighted by Crippen LogP contribution is 2.26. The van der Waals surface area contributed by atoms with E-state index < -0.39 is 6.35 Å². The van der Waals surface area contributed by atoms with Gasteiger partial charge in [0, 0.05) is 33.7 Å². The molecule has 0 bridgehead atoms. The highest BCUT2D eigenvalue weighted by molar-refractivity contribution is 5.99. The number of rotatable bonds is 5. The zero-order valence-electron chi connectivity index (χ0n) is 14.2. The number of carbonyl (C=O) groups is 1. The summed E-state index contributed by atoms with van der Waals surface area (Å²) >= 11 is 0. The van der Waals surface area contributed by atoms with Gasteiger partial charge in [-0.3, -0.25) is 9.69 Å². The SMILES string of the molecule is Cc1ccc(CNCCn2cnc3c2C(=O)N(C)C(O)N3C)cc1. The van der Waals surface area contributed by atoms with E-state index in [9.17, 15) is 9.90 Å². The quantitative estimate of drug-likeness (QED) is 0.793. The van der Waals surface area contributed by atoms with E-state index in [1.54, 1.807) is 25.3 Å². The Bertz CT molecular complexity index is 725. The van der Waals surface area contributed by atoms with E-state index in [1.165, 1.54) is 16.0 Å². The van der Waals surface area contributed by atoms with Crippen LogP contribution in [0.4, 0.5) is 5.82 Å². The van der Waals surface area contributed by atoms with Crippen LogP contribution in [0, 0.1) is 6.92 Å². The molecule has 2 N–H and O–H groups in total. The molecule has 1 amide bonds. The maximum absolute atomic E-state index is 12.4. The third-order valence-corrected chi connectivity index (χ3v) is 4.35. The molecule has 1 aliphatic rings. The number of benzene rings is 1. The molecular formula is C17H23N5O2. The molecule has 2 aromatic rings. The van der Waals surface area contributed by atoms with Gasteiger partial charge >= 0.3 is 0 Å². The van der Waals surface area contributed by atoms with Gasteiger partial charge in [0.15, 0.2) is 11.5 Å². The zero-order chi connectivity index (χ0) is 17.3. The summed E-state index contributed by atoms with van der Waals surface area (Å²) in [5, 5.41) is 13.4. The van der Waals surface area contributed by atoms with Crippen molar-refractivity contribution in [2.45, 2.75) is 26.4 Å². The number of nitrogens with zero attached hydrogens (tertiary/aromatic N) is 4. The number of hydrogen-bond acceptors (Lipinski definition) is 5. The fraction of sp³-hybridized carbons (Fsp3) is 0.412. The number of aliphatic hydroxyl groups is 1. The first kappa shape index (κ1) is 16.5. The van der Waals surface area contributed by atoms with Crippen molar-refractivity contribution >= 4 is 11.7 Å². The average molecular weight is 329 g/mol. The summed E-state index contributed by atoms with van der Waals surface area (Å²) in [4.78, 5) is 19.6. The molecular weight excluding hydrogens is 306 g/mol. The van der Waals surface area contributed by atoms with Crippen LogP contribution in [0.25, 0.3) is 0 Å². The first-order valence-electron chi connectivity index (χ1n) is 7.98. The van der Waals surface area contributed by atoms with Gasteiger partial charge in [-0.25, -0.2) is 4.98 Å². The summed E-state index contributed by atoms with van der Waals surface area (Å²) in [5.74, 6) is 0.302. The van der Waals surface area contributed by atoms with Crippen LogP contribution in [0.3, 0.4) is 0 Å². The fourth-order valence-corrected chi connectivity index (χ4v) is 2.80. The van der Waals surface area contributed by atoms with Crippen molar-refractivity contribution in [3.63, 3.8) is 0 Å². The Balaban J connectivity index is 1.62. The highest BCUT2D eigenvalue weighted by Gasteiger charge is 2.35. The summed E-state index contributed by atoms with van der Waals surface area (Å²) < 4.78 is 1.83. The van der Waals surface area contributed by atoms with Gasteiger partial charge in [0.2, 0.25) is 6.35 Å².